The standard InChI is InChI=1S/C16H29N5.HI/c1-17-15(21-6-5-16(13-21)3-2-4-16)18-11-14-12-19-7-9-20(14)10-8-19;/h14H,2-13H2,1H3,(H,17,18);1H. The van der Waals surface area contributed by atoms with Gasteiger partial charge in [0.05, 0.1) is 0 Å². The van der Waals surface area contributed by atoms with Gasteiger partial charge in [0.2, 0.25) is 0 Å². The SMILES string of the molecule is CN=C(NCC1CN2CCN1CC2)N1CCC2(CCC2)C1.I. The highest BCUT2D eigenvalue weighted by molar-refractivity contribution is 14.0. The summed E-state index contributed by atoms with van der Waals surface area (Å²) in [7, 11) is 1.94. The number of likely N-dealkylation sites (tertiary alicyclic amines) is 1. The molecule has 126 valence electrons. The Morgan fingerprint density at radius 1 is 1.14 bits per heavy atom. The van der Waals surface area contributed by atoms with Crippen molar-refractivity contribution in [1.82, 2.24) is 20.0 Å². The highest BCUT2D eigenvalue weighted by atomic mass is 127. The molecule has 4 saturated heterocycles. The van der Waals surface area contributed by atoms with E-state index >= 15 is 0 Å². The zero-order chi connectivity index (χ0) is 14.3. The molecule has 1 aliphatic carbocycles. The van der Waals surface area contributed by atoms with E-state index in [2.05, 4.69) is 25.0 Å². The number of piperazine rings is 3. The lowest BCUT2D eigenvalue weighted by molar-refractivity contribution is 0.0152. The molecule has 6 heteroatoms. The molecule has 4 aliphatic heterocycles. The molecule has 2 bridgehead atoms. The quantitative estimate of drug-likeness (QED) is 0.413. The molecule has 5 aliphatic rings. The monoisotopic (exact) mass is 419 g/mol. The van der Waals surface area contributed by atoms with Crippen LogP contribution in [0.3, 0.4) is 0 Å². The van der Waals surface area contributed by atoms with Crippen LogP contribution in [0.4, 0.5) is 0 Å². The first-order valence-corrected chi connectivity index (χ1v) is 8.70. The molecule has 1 unspecified atom stereocenters. The van der Waals surface area contributed by atoms with Gasteiger partial charge < -0.3 is 10.2 Å². The minimum atomic E-state index is 0. The number of nitrogens with one attached hydrogen (secondary N) is 1. The van der Waals surface area contributed by atoms with Crippen molar-refractivity contribution in [3.63, 3.8) is 0 Å². The molecule has 1 spiro atoms. The number of fused-ring (bicyclic) bond motifs is 3. The van der Waals surface area contributed by atoms with Crippen molar-refractivity contribution in [3.05, 3.63) is 0 Å². The van der Waals surface area contributed by atoms with Gasteiger partial charge in [-0.15, -0.1) is 24.0 Å². The molecule has 0 aromatic rings. The lowest BCUT2D eigenvalue weighted by Crippen LogP contribution is -2.64. The summed E-state index contributed by atoms with van der Waals surface area (Å²) >= 11 is 0. The van der Waals surface area contributed by atoms with Crippen LogP contribution in [-0.4, -0.2) is 86.1 Å². The number of hydrogen-bond donors (Lipinski definition) is 1. The fourth-order valence-corrected chi connectivity index (χ4v) is 4.66. The first-order chi connectivity index (χ1) is 10.3. The second kappa shape index (κ2) is 6.81. The average Bonchev–Trinajstić information content (AvgIpc) is 2.95. The molecule has 4 heterocycles. The normalized spacial score (nSPS) is 36.1. The Morgan fingerprint density at radius 2 is 1.91 bits per heavy atom. The van der Waals surface area contributed by atoms with E-state index in [9.17, 15) is 0 Å². The van der Waals surface area contributed by atoms with Crippen molar-refractivity contribution < 1.29 is 0 Å². The van der Waals surface area contributed by atoms with E-state index in [1.54, 1.807) is 0 Å². The van der Waals surface area contributed by atoms with Crippen LogP contribution in [0.25, 0.3) is 0 Å². The summed E-state index contributed by atoms with van der Waals surface area (Å²) in [6.45, 7) is 9.73. The van der Waals surface area contributed by atoms with Crippen LogP contribution in [-0.2, 0) is 0 Å². The molecule has 5 nitrogen and oxygen atoms in total. The van der Waals surface area contributed by atoms with Gasteiger partial charge in [0.1, 0.15) is 0 Å². The van der Waals surface area contributed by atoms with Crippen LogP contribution in [0.1, 0.15) is 25.7 Å². The summed E-state index contributed by atoms with van der Waals surface area (Å²) in [5.74, 6) is 1.14. The van der Waals surface area contributed by atoms with Crippen molar-refractivity contribution in [2.45, 2.75) is 31.7 Å². The molecule has 1 N–H and O–H groups in total. The second-order valence-electron chi connectivity index (χ2n) is 7.44. The second-order valence-corrected chi connectivity index (χ2v) is 7.44. The van der Waals surface area contributed by atoms with Gasteiger partial charge in [-0.25, -0.2) is 0 Å². The molecule has 1 saturated carbocycles. The van der Waals surface area contributed by atoms with E-state index in [1.807, 2.05) is 7.05 Å². The van der Waals surface area contributed by atoms with Gasteiger partial charge in [-0.1, -0.05) is 6.42 Å². The lowest BCUT2D eigenvalue weighted by atomic mass is 9.68. The number of hydrogen-bond acceptors (Lipinski definition) is 3. The Bertz CT molecular complexity index is 415. The molecule has 22 heavy (non-hydrogen) atoms. The number of rotatable bonds is 2. The third-order valence-electron chi connectivity index (χ3n) is 6.25. The van der Waals surface area contributed by atoms with Gasteiger partial charge in [-0.2, -0.15) is 0 Å². The summed E-state index contributed by atoms with van der Waals surface area (Å²) in [5.41, 5.74) is 0.650. The maximum Gasteiger partial charge on any atom is 0.193 e. The Morgan fingerprint density at radius 3 is 2.41 bits per heavy atom. The topological polar surface area (TPSA) is 34.1 Å². The minimum Gasteiger partial charge on any atom is -0.355 e. The minimum absolute atomic E-state index is 0. The number of halogens is 1. The predicted octanol–water partition coefficient (Wildman–Crippen LogP) is 1.06. The van der Waals surface area contributed by atoms with Crippen molar-refractivity contribution in [2.24, 2.45) is 10.4 Å². The molecule has 0 radical (unpaired) electrons. The van der Waals surface area contributed by atoms with E-state index < -0.39 is 0 Å². The maximum absolute atomic E-state index is 4.54. The molecular formula is C16H30IN5. The third kappa shape index (κ3) is 3.11. The van der Waals surface area contributed by atoms with Crippen LogP contribution in [0, 0.1) is 5.41 Å². The number of guanidine groups is 1. The zero-order valence-corrected chi connectivity index (χ0v) is 16.1. The van der Waals surface area contributed by atoms with Gasteiger partial charge in [0.25, 0.3) is 0 Å². The van der Waals surface area contributed by atoms with Gasteiger partial charge in [-0.05, 0) is 24.7 Å². The number of nitrogens with zero attached hydrogens (tertiary/aromatic N) is 4. The summed E-state index contributed by atoms with van der Waals surface area (Å²) in [6, 6.07) is 0.671. The van der Waals surface area contributed by atoms with E-state index in [1.165, 1.54) is 71.5 Å². The smallest absolute Gasteiger partial charge is 0.193 e. The Kier molecular flexibility index (Phi) is 5.19. The largest absolute Gasteiger partial charge is 0.355 e. The van der Waals surface area contributed by atoms with Crippen molar-refractivity contribution >= 4 is 29.9 Å². The average molecular weight is 419 g/mol. The van der Waals surface area contributed by atoms with Crippen LogP contribution in [0.2, 0.25) is 0 Å². The van der Waals surface area contributed by atoms with E-state index in [4.69, 9.17) is 0 Å². The van der Waals surface area contributed by atoms with Crippen molar-refractivity contribution in [1.29, 1.82) is 0 Å². The van der Waals surface area contributed by atoms with Crippen molar-refractivity contribution in [3.8, 4) is 0 Å². The predicted molar refractivity (Wildman–Crippen MR) is 101 cm³/mol. The van der Waals surface area contributed by atoms with Crippen LogP contribution < -0.4 is 5.32 Å². The fraction of sp³-hybridized carbons (Fsp3) is 0.938. The number of aliphatic imine (C=N–C) groups is 1. The molecule has 5 rings (SSSR count). The van der Waals surface area contributed by atoms with Crippen molar-refractivity contribution in [2.75, 3.05) is 59.4 Å². The highest BCUT2D eigenvalue weighted by Gasteiger charge is 2.43. The molecule has 0 aromatic heterocycles. The van der Waals surface area contributed by atoms with Crippen LogP contribution in [0.15, 0.2) is 4.99 Å². The first kappa shape index (κ1) is 16.8. The Hall–Kier alpha value is -0.0800. The Labute approximate surface area is 151 Å². The fourth-order valence-electron chi connectivity index (χ4n) is 4.66. The summed E-state index contributed by atoms with van der Waals surface area (Å²) < 4.78 is 0. The lowest BCUT2D eigenvalue weighted by Gasteiger charge is -2.47. The summed E-state index contributed by atoms with van der Waals surface area (Å²) in [5, 5.41) is 3.66. The third-order valence-corrected chi connectivity index (χ3v) is 6.25. The molecule has 1 atom stereocenters. The van der Waals surface area contributed by atoms with Crippen LogP contribution in [0.5, 0.6) is 0 Å². The molecular weight excluding hydrogens is 389 g/mol. The first-order valence-electron chi connectivity index (χ1n) is 8.70. The van der Waals surface area contributed by atoms with E-state index in [-0.39, 0.29) is 24.0 Å². The van der Waals surface area contributed by atoms with Gasteiger partial charge in [-0.3, -0.25) is 14.8 Å². The maximum atomic E-state index is 4.54. The van der Waals surface area contributed by atoms with E-state index in [0.29, 0.717) is 11.5 Å². The zero-order valence-electron chi connectivity index (χ0n) is 13.8. The summed E-state index contributed by atoms with van der Waals surface area (Å²) in [6.07, 6.45) is 5.68. The summed E-state index contributed by atoms with van der Waals surface area (Å²) in [4.78, 5) is 12.3. The highest BCUT2D eigenvalue weighted by Crippen LogP contribution is 2.47. The van der Waals surface area contributed by atoms with E-state index in [0.717, 1.165) is 12.5 Å². The molecule has 0 aromatic carbocycles. The van der Waals surface area contributed by atoms with Gasteiger partial charge in [0, 0.05) is 65.4 Å². The molecule has 5 fully saturated rings. The van der Waals surface area contributed by atoms with Gasteiger partial charge in [0.15, 0.2) is 5.96 Å². The van der Waals surface area contributed by atoms with Gasteiger partial charge >= 0.3 is 0 Å². The molecule has 0 amide bonds. The van der Waals surface area contributed by atoms with Crippen LogP contribution >= 0.6 is 24.0 Å². The Balaban J connectivity index is 0.00000144.